The second-order valence-electron chi connectivity index (χ2n) is 6.02. The molecule has 2 aromatic heterocycles. The first-order valence-corrected chi connectivity index (χ1v) is 9.23. The molecule has 0 spiro atoms. The van der Waals surface area contributed by atoms with E-state index in [1.807, 2.05) is 24.9 Å². The van der Waals surface area contributed by atoms with Gasteiger partial charge >= 0.3 is 0 Å². The van der Waals surface area contributed by atoms with E-state index in [9.17, 15) is 0 Å². The van der Waals surface area contributed by atoms with E-state index < -0.39 is 0 Å². The quantitative estimate of drug-likeness (QED) is 0.505. The zero-order valence-corrected chi connectivity index (χ0v) is 15.7. The number of methoxy groups -OCH3 is 1. The number of aromatic nitrogens is 5. The maximum atomic E-state index is 5.34. The molecule has 0 N–H and O–H groups in total. The Bertz CT molecular complexity index is 1060. The minimum absolute atomic E-state index is 0.550. The molecule has 4 aromatic rings. The predicted octanol–water partition coefficient (Wildman–Crippen LogP) is 3.67. The van der Waals surface area contributed by atoms with Crippen LogP contribution in [0.4, 0.5) is 0 Å². The van der Waals surface area contributed by atoms with Gasteiger partial charge in [0, 0.05) is 26.0 Å². The second-order valence-corrected chi connectivity index (χ2v) is 6.96. The van der Waals surface area contributed by atoms with Crippen LogP contribution in [0.1, 0.15) is 5.56 Å². The molecule has 0 aliphatic rings. The summed E-state index contributed by atoms with van der Waals surface area (Å²) in [6, 6.07) is 14.8. The summed E-state index contributed by atoms with van der Waals surface area (Å²) in [6.07, 6.45) is 1.89. The Morgan fingerprint density at radius 1 is 1.04 bits per heavy atom. The van der Waals surface area contributed by atoms with Crippen molar-refractivity contribution >= 4 is 22.5 Å². The van der Waals surface area contributed by atoms with E-state index in [0.29, 0.717) is 5.88 Å². The fraction of sp³-hybridized carbons (Fsp3) is 0.211. The van der Waals surface area contributed by atoms with E-state index in [0.717, 1.165) is 22.3 Å². The number of hydrogen-bond acceptors (Lipinski definition) is 5. The van der Waals surface area contributed by atoms with E-state index in [1.165, 1.54) is 16.3 Å². The van der Waals surface area contributed by atoms with Crippen molar-refractivity contribution in [3.8, 4) is 17.3 Å². The third-order valence-electron chi connectivity index (χ3n) is 4.30. The largest absolute Gasteiger partial charge is 0.479 e. The molecule has 2 heterocycles. The molecule has 0 saturated carbocycles. The van der Waals surface area contributed by atoms with Crippen LogP contribution in [-0.2, 0) is 19.8 Å². The van der Waals surface area contributed by atoms with Gasteiger partial charge in [-0.3, -0.25) is 4.68 Å². The highest BCUT2D eigenvalue weighted by molar-refractivity contribution is 7.98. The topological polar surface area (TPSA) is 57.8 Å². The molecule has 0 radical (unpaired) electrons. The van der Waals surface area contributed by atoms with Gasteiger partial charge in [0.2, 0.25) is 5.88 Å². The smallest absolute Gasteiger partial charge is 0.243 e. The van der Waals surface area contributed by atoms with Gasteiger partial charge in [-0.05, 0) is 16.3 Å². The van der Waals surface area contributed by atoms with Gasteiger partial charge in [0.1, 0.15) is 5.56 Å². The van der Waals surface area contributed by atoms with Crippen LogP contribution in [0.2, 0.25) is 0 Å². The highest BCUT2D eigenvalue weighted by Crippen LogP contribution is 2.31. The Kier molecular flexibility index (Phi) is 4.38. The molecule has 0 aliphatic carbocycles. The van der Waals surface area contributed by atoms with E-state index in [1.54, 1.807) is 23.6 Å². The monoisotopic (exact) mass is 365 g/mol. The van der Waals surface area contributed by atoms with Crippen LogP contribution in [0, 0.1) is 0 Å². The van der Waals surface area contributed by atoms with Gasteiger partial charge in [0.05, 0.1) is 7.11 Å². The molecular weight excluding hydrogens is 346 g/mol. The van der Waals surface area contributed by atoms with Crippen molar-refractivity contribution in [2.45, 2.75) is 10.9 Å². The minimum atomic E-state index is 0.550. The SMILES string of the molecule is COc1nn(C)cc1-c1nnc(SCc2cccc3ccccc23)n1C. The standard InChI is InChI=1S/C19H19N5OS/c1-23-11-16(18(22-23)25-3)17-20-21-19(24(17)2)26-12-14-9-6-8-13-7-4-5-10-15(13)14/h4-11H,12H2,1-3H3. The number of hydrogen-bond donors (Lipinski definition) is 0. The van der Waals surface area contributed by atoms with Crippen LogP contribution >= 0.6 is 11.8 Å². The molecule has 26 heavy (non-hydrogen) atoms. The Hall–Kier alpha value is -2.80. The number of fused-ring (bicyclic) bond motifs is 1. The van der Waals surface area contributed by atoms with E-state index in [2.05, 4.69) is 57.8 Å². The third kappa shape index (κ3) is 2.94. The first-order valence-electron chi connectivity index (χ1n) is 8.24. The number of nitrogens with zero attached hydrogens (tertiary/aromatic N) is 5. The van der Waals surface area contributed by atoms with Crippen molar-refractivity contribution in [1.29, 1.82) is 0 Å². The molecular formula is C19H19N5OS. The van der Waals surface area contributed by atoms with E-state index >= 15 is 0 Å². The molecule has 0 unspecified atom stereocenters. The fourth-order valence-electron chi connectivity index (χ4n) is 3.01. The molecule has 0 aliphatic heterocycles. The molecule has 0 bridgehead atoms. The lowest BCUT2D eigenvalue weighted by Crippen LogP contribution is -1.96. The molecule has 2 aromatic carbocycles. The number of ether oxygens (including phenoxy) is 1. The van der Waals surface area contributed by atoms with Crippen LogP contribution in [0.15, 0.2) is 53.8 Å². The summed E-state index contributed by atoms with van der Waals surface area (Å²) in [5.41, 5.74) is 2.12. The van der Waals surface area contributed by atoms with Crippen LogP contribution in [-0.4, -0.2) is 31.7 Å². The van der Waals surface area contributed by atoms with E-state index in [4.69, 9.17) is 4.74 Å². The fourth-order valence-corrected chi connectivity index (χ4v) is 3.92. The molecule has 7 heteroatoms. The van der Waals surface area contributed by atoms with E-state index in [-0.39, 0.29) is 0 Å². The maximum absolute atomic E-state index is 5.34. The van der Waals surface area contributed by atoms with Crippen LogP contribution in [0.5, 0.6) is 5.88 Å². The Labute approximate surface area is 155 Å². The average molecular weight is 365 g/mol. The summed E-state index contributed by atoms with van der Waals surface area (Å²) < 4.78 is 9.04. The average Bonchev–Trinajstić information content (AvgIpc) is 3.21. The van der Waals surface area contributed by atoms with Gasteiger partial charge in [-0.15, -0.1) is 15.3 Å². The maximum Gasteiger partial charge on any atom is 0.243 e. The lowest BCUT2D eigenvalue weighted by atomic mass is 10.1. The summed E-state index contributed by atoms with van der Waals surface area (Å²) in [4.78, 5) is 0. The number of rotatable bonds is 5. The van der Waals surface area contributed by atoms with Crippen molar-refractivity contribution in [2.24, 2.45) is 14.1 Å². The molecule has 132 valence electrons. The molecule has 0 fully saturated rings. The van der Waals surface area contributed by atoms with Crippen molar-refractivity contribution in [1.82, 2.24) is 24.5 Å². The first-order chi connectivity index (χ1) is 12.7. The summed E-state index contributed by atoms with van der Waals surface area (Å²) >= 11 is 1.67. The molecule has 0 saturated heterocycles. The lowest BCUT2D eigenvalue weighted by molar-refractivity contribution is 0.393. The summed E-state index contributed by atoms with van der Waals surface area (Å²) in [5, 5.41) is 16.4. The Balaban J connectivity index is 1.61. The minimum Gasteiger partial charge on any atom is -0.479 e. The zero-order chi connectivity index (χ0) is 18.1. The molecule has 0 atom stereocenters. The van der Waals surface area contributed by atoms with Crippen molar-refractivity contribution in [3.63, 3.8) is 0 Å². The highest BCUT2D eigenvalue weighted by Gasteiger charge is 2.18. The summed E-state index contributed by atoms with van der Waals surface area (Å²) in [7, 11) is 5.43. The molecule has 0 amide bonds. The predicted molar refractivity (Wildman–Crippen MR) is 103 cm³/mol. The van der Waals surface area contributed by atoms with Crippen LogP contribution < -0.4 is 4.74 Å². The summed E-state index contributed by atoms with van der Waals surface area (Å²) in [6.45, 7) is 0. The number of thioether (sulfide) groups is 1. The first kappa shape index (κ1) is 16.7. The summed E-state index contributed by atoms with van der Waals surface area (Å²) in [5.74, 6) is 2.13. The van der Waals surface area contributed by atoms with Crippen LogP contribution in [0.3, 0.4) is 0 Å². The van der Waals surface area contributed by atoms with Gasteiger partial charge in [-0.1, -0.05) is 54.2 Å². The zero-order valence-electron chi connectivity index (χ0n) is 14.9. The van der Waals surface area contributed by atoms with Gasteiger partial charge in [-0.25, -0.2) is 0 Å². The van der Waals surface area contributed by atoms with Crippen molar-refractivity contribution < 1.29 is 4.74 Å². The third-order valence-corrected chi connectivity index (χ3v) is 5.37. The molecule has 4 rings (SSSR count). The van der Waals surface area contributed by atoms with Crippen LogP contribution in [0.25, 0.3) is 22.2 Å². The normalized spacial score (nSPS) is 11.2. The van der Waals surface area contributed by atoms with Gasteiger partial charge in [-0.2, -0.15) is 0 Å². The Morgan fingerprint density at radius 3 is 2.69 bits per heavy atom. The van der Waals surface area contributed by atoms with Crippen molar-refractivity contribution in [3.05, 3.63) is 54.2 Å². The molecule has 6 nitrogen and oxygen atoms in total. The van der Waals surface area contributed by atoms with Gasteiger partial charge in [0.15, 0.2) is 11.0 Å². The van der Waals surface area contributed by atoms with Crippen molar-refractivity contribution in [2.75, 3.05) is 7.11 Å². The number of aryl methyl sites for hydroxylation is 1. The second kappa shape index (κ2) is 6.84. The van der Waals surface area contributed by atoms with Gasteiger partial charge in [0.25, 0.3) is 0 Å². The number of benzene rings is 2. The lowest BCUT2D eigenvalue weighted by Gasteiger charge is -2.07. The highest BCUT2D eigenvalue weighted by atomic mass is 32.2. The Morgan fingerprint density at radius 2 is 1.85 bits per heavy atom. The van der Waals surface area contributed by atoms with Gasteiger partial charge < -0.3 is 9.30 Å².